The van der Waals surface area contributed by atoms with Gasteiger partial charge >= 0.3 is 17.9 Å². The van der Waals surface area contributed by atoms with Crippen LogP contribution in [0.5, 0.6) is 0 Å². The number of aromatic nitrogens is 4. The van der Waals surface area contributed by atoms with Crippen molar-refractivity contribution >= 4 is 35.0 Å². The molecule has 0 aliphatic carbocycles. The molecule has 3 unspecified atom stereocenters. The van der Waals surface area contributed by atoms with Crippen LogP contribution in [0.3, 0.4) is 0 Å². The number of anilines is 1. The number of esters is 3. The number of rotatable bonds is 5. The Balaban J connectivity index is 2.05. The molecule has 0 saturated carbocycles. The second-order valence-electron chi connectivity index (χ2n) is 6.29. The molecule has 3 N–H and O–H groups in total. The Morgan fingerprint density at radius 2 is 1.83 bits per heavy atom. The van der Waals surface area contributed by atoms with Crippen LogP contribution in [0.2, 0.25) is 0 Å². The molecule has 1 aliphatic heterocycles. The van der Waals surface area contributed by atoms with E-state index in [0.29, 0.717) is 0 Å². The molecule has 3 rings (SSSR count). The van der Waals surface area contributed by atoms with E-state index in [2.05, 4.69) is 15.0 Å². The molecule has 0 bridgehead atoms. The Kier molecular flexibility index (Phi) is 5.50. The predicted octanol–water partition coefficient (Wildman–Crippen LogP) is -0.974. The number of imidazole rings is 1. The van der Waals surface area contributed by atoms with Gasteiger partial charge in [0.15, 0.2) is 29.6 Å². The molecule has 1 saturated heterocycles. The summed E-state index contributed by atoms with van der Waals surface area (Å²) in [6, 6.07) is 0. The van der Waals surface area contributed by atoms with Gasteiger partial charge < -0.3 is 24.7 Å². The van der Waals surface area contributed by atoms with Gasteiger partial charge in [0.05, 0.1) is 6.33 Å². The third-order valence-electron chi connectivity index (χ3n) is 4.07. The van der Waals surface area contributed by atoms with Crippen LogP contribution in [-0.2, 0) is 33.3 Å². The molecule has 156 valence electrons. The number of nitrogens with one attached hydrogen (secondary N) is 1. The van der Waals surface area contributed by atoms with Crippen molar-refractivity contribution in [3.8, 4) is 0 Å². The first-order valence-corrected chi connectivity index (χ1v) is 8.53. The van der Waals surface area contributed by atoms with Crippen LogP contribution in [0, 0.1) is 0 Å². The van der Waals surface area contributed by atoms with E-state index in [0.717, 1.165) is 0 Å². The number of nitrogens with two attached hydrogens (primary N) is 1. The van der Waals surface area contributed by atoms with Crippen molar-refractivity contribution in [3.05, 3.63) is 16.7 Å². The normalized spacial score (nSPS) is 23.7. The van der Waals surface area contributed by atoms with Crippen molar-refractivity contribution in [1.29, 1.82) is 0 Å². The van der Waals surface area contributed by atoms with Gasteiger partial charge in [0.2, 0.25) is 5.95 Å². The number of hydrogen-bond donors (Lipinski definition) is 2. The van der Waals surface area contributed by atoms with Gasteiger partial charge in [-0.1, -0.05) is 0 Å². The lowest BCUT2D eigenvalue weighted by molar-refractivity contribution is -0.166. The van der Waals surface area contributed by atoms with E-state index in [9.17, 15) is 19.2 Å². The van der Waals surface area contributed by atoms with Crippen LogP contribution in [0.4, 0.5) is 5.95 Å². The molecule has 2 aromatic heterocycles. The molecule has 0 radical (unpaired) electrons. The summed E-state index contributed by atoms with van der Waals surface area (Å²) in [4.78, 5) is 56.9. The topological polar surface area (TPSA) is 178 Å². The minimum atomic E-state index is -1.13. The number of ether oxygens (including phenoxy) is 4. The second kappa shape index (κ2) is 7.87. The Labute approximate surface area is 163 Å². The van der Waals surface area contributed by atoms with Gasteiger partial charge in [0.25, 0.3) is 5.56 Å². The van der Waals surface area contributed by atoms with Crippen molar-refractivity contribution < 1.29 is 33.3 Å². The number of nitrogen functional groups attached to an aromatic ring is 1. The third kappa shape index (κ3) is 4.18. The number of aromatic amines is 1. The Bertz CT molecular complexity index is 1010. The summed E-state index contributed by atoms with van der Waals surface area (Å²) in [5, 5.41) is 0. The van der Waals surface area contributed by atoms with E-state index in [1.165, 1.54) is 31.7 Å². The van der Waals surface area contributed by atoms with E-state index < -0.39 is 48.0 Å². The smallest absolute Gasteiger partial charge is 0.303 e. The SMILES string of the molecule is CC(=O)OCC1OC(n2cnc3c(=O)[nH]c(N)nc32)C(OC(C)=O)[C@@H]1OC(C)=O. The molecule has 1 aliphatic rings. The Morgan fingerprint density at radius 3 is 2.45 bits per heavy atom. The zero-order valence-electron chi connectivity index (χ0n) is 15.8. The average Bonchev–Trinajstić information content (AvgIpc) is 3.15. The summed E-state index contributed by atoms with van der Waals surface area (Å²) in [6.45, 7) is 3.30. The third-order valence-corrected chi connectivity index (χ3v) is 4.07. The van der Waals surface area contributed by atoms with E-state index in [-0.39, 0.29) is 23.7 Å². The fraction of sp³-hybridized carbons (Fsp3) is 0.500. The van der Waals surface area contributed by atoms with Crippen LogP contribution in [0.25, 0.3) is 11.2 Å². The van der Waals surface area contributed by atoms with Gasteiger partial charge in [0.1, 0.15) is 12.7 Å². The summed E-state index contributed by atoms with van der Waals surface area (Å²) in [6.07, 6.45) is -2.99. The lowest BCUT2D eigenvalue weighted by Crippen LogP contribution is -2.40. The quantitative estimate of drug-likeness (QED) is 0.458. The van der Waals surface area contributed by atoms with Crippen LogP contribution >= 0.6 is 0 Å². The van der Waals surface area contributed by atoms with Gasteiger partial charge in [0, 0.05) is 20.8 Å². The number of hydrogen-bond acceptors (Lipinski definition) is 11. The molecule has 13 heteroatoms. The first-order chi connectivity index (χ1) is 13.7. The minimum Gasteiger partial charge on any atom is -0.463 e. The van der Waals surface area contributed by atoms with E-state index in [4.69, 9.17) is 24.7 Å². The number of H-pyrrole nitrogens is 1. The van der Waals surface area contributed by atoms with Gasteiger partial charge in [-0.15, -0.1) is 0 Å². The maximum absolute atomic E-state index is 12.0. The minimum absolute atomic E-state index is 0.0168. The lowest BCUT2D eigenvalue weighted by atomic mass is 10.1. The van der Waals surface area contributed by atoms with Gasteiger partial charge in [-0.3, -0.25) is 28.7 Å². The van der Waals surface area contributed by atoms with Crippen molar-refractivity contribution in [2.45, 2.75) is 45.3 Å². The van der Waals surface area contributed by atoms with Crippen LogP contribution in [0.15, 0.2) is 11.1 Å². The molecular formula is C16H19N5O8. The number of fused-ring (bicyclic) bond motifs is 1. The van der Waals surface area contributed by atoms with Crippen LogP contribution < -0.4 is 11.3 Å². The average molecular weight is 409 g/mol. The van der Waals surface area contributed by atoms with Crippen molar-refractivity contribution in [2.24, 2.45) is 0 Å². The van der Waals surface area contributed by atoms with E-state index >= 15 is 0 Å². The van der Waals surface area contributed by atoms with Crippen LogP contribution in [-0.4, -0.2) is 62.3 Å². The highest BCUT2D eigenvalue weighted by atomic mass is 16.7. The van der Waals surface area contributed by atoms with Crippen molar-refractivity contribution in [3.63, 3.8) is 0 Å². The number of carbonyl (C=O) groups excluding carboxylic acids is 3. The highest BCUT2D eigenvalue weighted by Gasteiger charge is 2.51. The second-order valence-corrected chi connectivity index (χ2v) is 6.29. The van der Waals surface area contributed by atoms with Crippen LogP contribution in [0.1, 0.15) is 27.0 Å². The first kappa shape index (κ1) is 20.3. The van der Waals surface area contributed by atoms with Crippen molar-refractivity contribution in [2.75, 3.05) is 12.3 Å². The number of carbonyl (C=O) groups is 3. The summed E-state index contributed by atoms with van der Waals surface area (Å²) in [5.74, 6) is -2.04. The maximum atomic E-state index is 12.0. The molecule has 13 nitrogen and oxygen atoms in total. The highest BCUT2D eigenvalue weighted by Crippen LogP contribution is 2.35. The van der Waals surface area contributed by atoms with Crippen molar-refractivity contribution in [1.82, 2.24) is 19.5 Å². The fourth-order valence-corrected chi connectivity index (χ4v) is 3.05. The molecule has 0 amide bonds. The summed E-state index contributed by atoms with van der Waals surface area (Å²) in [7, 11) is 0. The maximum Gasteiger partial charge on any atom is 0.303 e. The standard InChI is InChI=1S/C16H19N5O8/c1-6(22)26-4-9-11(27-7(2)23)12(28-8(3)24)15(29-9)21-5-18-10-13(21)19-16(17)20-14(10)25/h5,9,11-12,15H,4H2,1-3H3,(H3,17,19,20,25)/t9?,11-,12?,15?/m1/s1. The molecule has 0 aromatic carbocycles. The first-order valence-electron chi connectivity index (χ1n) is 8.53. The molecular weight excluding hydrogens is 390 g/mol. The lowest BCUT2D eigenvalue weighted by Gasteiger charge is -2.23. The molecule has 3 heterocycles. The fourth-order valence-electron chi connectivity index (χ4n) is 3.05. The van der Waals surface area contributed by atoms with Gasteiger partial charge in [-0.25, -0.2) is 4.98 Å². The zero-order valence-corrected chi connectivity index (χ0v) is 15.8. The molecule has 0 spiro atoms. The Morgan fingerprint density at radius 1 is 1.17 bits per heavy atom. The summed E-state index contributed by atoms with van der Waals surface area (Å²) in [5.41, 5.74) is 5.09. The van der Waals surface area contributed by atoms with Gasteiger partial charge in [-0.05, 0) is 0 Å². The predicted molar refractivity (Wildman–Crippen MR) is 94.2 cm³/mol. The zero-order chi connectivity index (χ0) is 21.3. The molecule has 2 aromatic rings. The molecule has 1 fully saturated rings. The highest BCUT2D eigenvalue weighted by molar-refractivity contribution is 5.71. The summed E-state index contributed by atoms with van der Waals surface area (Å²) < 4.78 is 22.8. The summed E-state index contributed by atoms with van der Waals surface area (Å²) >= 11 is 0. The molecule has 4 atom stereocenters. The Hall–Kier alpha value is -3.48. The van der Waals surface area contributed by atoms with Gasteiger partial charge in [-0.2, -0.15) is 4.98 Å². The largest absolute Gasteiger partial charge is 0.463 e. The van der Waals surface area contributed by atoms with E-state index in [1.54, 1.807) is 0 Å². The van der Waals surface area contributed by atoms with E-state index in [1.807, 2.05) is 0 Å². The number of nitrogens with zero attached hydrogens (tertiary/aromatic N) is 3. The molecule has 29 heavy (non-hydrogen) atoms. The monoisotopic (exact) mass is 409 g/mol.